The molecule has 1 aromatic rings. The predicted molar refractivity (Wildman–Crippen MR) is 78.5 cm³/mol. The summed E-state index contributed by atoms with van der Waals surface area (Å²) in [5.41, 5.74) is 6.11. The van der Waals surface area contributed by atoms with Crippen molar-refractivity contribution in [3.05, 3.63) is 23.8 Å². The van der Waals surface area contributed by atoms with Gasteiger partial charge in [0.2, 0.25) is 10.0 Å². The maximum absolute atomic E-state index is 12.1. The molecule has 0 saturated carbocycles. The third kappa shape index (κ3) is 4.20. The first-order chi connectivity index (χ1) is 9.44. The number of nitrogen functional groups attached to an aromatic ring is 1. The fourth-order valence-electron chi connectivity index (χ4n) is 1.82. The molecule has 0 aliphatic heterocycles. The summed E-state index contributed by atoms with van der Waals surface area (Å²) >= 11 is 0. The van der Waals surface area contributed by atoms with Crippen LogP contribution in [0.1, 0.15) is 19.4 Å². The molecule has 20 heavy (non-hydrogen) atoms. The Bertz CT molecular complexity index is 589. The largest absolute Gasteiger partial charge is 0.398 e. The zero-order valence-electron chi connectivity index (χ0n) is 11.8. The topological polar surface area (TPSA) is 99.2 Å². The molecule has 0 aromatic heterocycles. The lowest BCUT2D eigenvalue weighted by Crippen LogP contribution is -2.35. The summed E-state index contributed by atoms with van der Waals surface area (Å²) in [4.78, 5) is 2.13. The maximum Gasteiger partial charge on any atom is 0.242 e. The third-order valence-corrected chi connectivity index (χ3v) is 4.58. The second-order valence-corrected chi connectivity index (χ2v) is 6.02. The quantitative estimate of drug-likeness (QED) is 0.724. The van der Waals surface area contributed by atoms with E-state index in [-0.39, 0.29) is 10.6 Å². The zero-order valence-corrected chi connectivity index (χ0v) is 12.6. The fraction of sp³-hybridized carbons (Fsp3) is 0.462. The van der Waals surface area contributed by atoms with Crippen LogP contribution in [0.4, 0.5) is 5.69 Å². The normalized spacial score (nSPS) is 11.5. The molecule has 0 bridgehead atoms. The highest BCUT2D eigenvalue weighted by molar-refractivity contribution is 7.89. The molecule has 7 heteroatoms. The van der Waals surface area contributed by atoms with Crippen molar-refractivity contribution in [2.75, 3.05) is 31.9 Å². The number of nitrogens with zero attached hydrogens (tertiary/aromatic N) is 2. The third-order valence-electron chi connectivity index (χ3n) is 3.04. The van der Waals surface area contributed by atoms with E-state index in [1.165, 1.54) is 18.2 Å². The Hall–Kier alpha value is -1.62. The number of nitriles is 1. The van der Waals surface area contributed by atoms with E-state index in [0.717, 1.165) is 13.1 Å². The van der Waals surface area contributed by atoms with E-state index in [9.17, 15) is 8.42 Å². The Morgan fingerprint density at radius 3 is 2.50 bits per heavy atom. The first-order valence-electron chi connectivity index (χ1n) is 6.46. The van der Waals surface area contributed by atoms with Gasteiger partial charge in [-0.3, -0.25) is 0 Å². The highest BCUT2D eigenvalue weighted by atomic mass is 32.2. The Balaban J connectivity index is 2.77. The number of hydrogen-bond donors (Lipinski definition) is 2. The van der Waals surface area contributed by atoms with Crippen LogP contribution in [-0.2, 0) is 10.0 Å². The average molecular weight is 296 g/mol. The van der Waals surface area contributed by atoms with Crippen LogP contribution >= 0.6 is 0 Å². The van der Waals surface area contributed by atoms with Crippen LogP contribution in [0.15, 0.2) is 23.1 Å². The van der Waals surface area contributed by atoms with Gasteiger partial charge in [0.1, 0.15) is 4.90 Å². The smallest absolute Gasteiger partial charge is 0.242 e. The lowest BCUT2D eigenvalue weighted by atomic mass is 10.2. The minimum Gasteiger partial charge on any atom is -0.398 e. The standard InChI is InChI=1S/C13H20N4O2S/c1-3-17(4-2)8-7-16-20(18,19)13-6-5-11(10-14)9-12(13)15/h5-6,9,16H,3-4,7-8,15H2,1-2H3. The van der Waals surface area contributed by atoms with Gasteiger partial charge in [-0.05, 0) is 31.3 Å². The number of nitrogens with two attached hydrogens (primary N) is 1. The maximum atomic E-state index is 12.1. The molecule has 1 aromatic carbocycles. The van der Waals surface area contributed by atoms with Crippen LogP contribution in [0.2, 0.25) is 0 Å². The van der Waals surface area contributed by atoms with E-state index >= 15 is 0 Å². The van der Waals surface area contributed by atoms with Crippen LogP contribution in [0.25, 0.3) is 0 Å². The highest BCUT2D eigenvalue weighted by Gasteiger charge is 2.17. The zero-order chi connectivity index (χ0) is 15.2. The Morgan fingerprint density at radius 2 is 2.00 bits per heavy atom. The summed E-state index contributed by atoms with van der Waals surface area (Å²) in [7, 11) is -3.64. The van der Waals surface area contributed by atoms with Gasteiger partial charge in [-0.25, -0.2) is 13.1 Å². The van der Waals surface area contributed by atoms with Crippen LogP contribution in [0.5, 0.6) is 0 Å². The molecule has 0 saturated heterocycles. The number of nitrogens with one attached hydrogen (secondary N) is 1. The molecule has 0 spiro atoms. The van der Waals surface area contributed by atoms with E-state index in [0.29, 0.717) is 18.7 Å². The molecule has 0 atom stereocenters. The molecule has 0 radical (unpaired) electrons. The summed E-state index contributed by atoms with van der Waals surface area (Å²) in [6, 6.07) is 6.07. The monoisotopic (exact) mass is 296 g/mol. The van der Waals surface area contributed by atoms with Crippen molar-refractivity contribution in [3.63, 3.8) is 0 Å². The number of sulfonamides is 1. The first kappa shape index (κ1) is 16.4. The lowest BCUT2D eigenvalue weighted by molar-refractivity contribution is 0.309. The average Bonchev–Trinajstić information content (AvgIpc) is 2.43. The van der Waals surface area contributed by atoms with Crippen molar-refractivity contribution < 1.29 is 8.42 Å². The summed E-state index contributed by atoms with van der Waals surface area (Å²) in [6.45, 7) is 6.76. The molecule has 110 valence electrons. The Morgan fingerprint density at radius 1 is 1.35 bits per heavy atom. The summed E-state index contributed by atoms with van der Waals surface area (Å²) in [6.07, 6.45) is 0. The minimum absolute atomic E-state index is 0.0102. The number of likely N-dealkylation sites (N-methyl/N-ethyl adjacent to an activating group) is 1. The van der Waals surface area contributed by atoms with E-state index in [2.05, 4.69) is 9.62 Å². The number of rotatable bonds is 7. The predicted octanol–water partition coefficient (Wildman–Crippen LogP) is 0.761. The van der Waals surface area contributed by atoms with Gasteiger partial charge in [0, 0.05) is 13.1 Å². The fourth-order valence-corrected chi connectivity index (χ4v) is 2.95. The van der Waals surface area contributed by atoms with Crippen molar-refractivity contribution >= 4 is 15.7 Å². The second kappa shape index (κ2) is 7.24. The highest BCUT2D eigenvalue weighted by Crippen LogP contribution is 2.19. The minimum atomic E-state index is -3.64. The van der Waals surface area contributed by atoms with E-state index < -0.39 is 10.0 Å². The number of anilines is 1. The summed E-state index contributed by atoms with van der Waals surface area (Å²) in [5.74, 6) is 0. The Labute approximate surface area is 120 Å². The molecule has 0 aliphatic rings. The molecule has 0 heterocycles. The molecule has 1 rings (SSSR count). The van der Waals surface area contributed by atoms with Gasteiger partial charge in [0.15, 0.2) is 0 Å². The number of hydrogen-bond acceptors (Lipinski definition) is 5. The van der Waals surface area contributed by atoms with Crippen molar-refractivity contribution in [3.8, 4) is 6.07 Å². The van der Waals surface area contributed by atoms with Crippen molar-refractivity contribution in [2.45, 2.75) is 18.7 Å². The molecule has 0 fully saturated rings. The molecule has 3 N–H and O–H groups in total. The van der Waals surface area contributed by atoms with Crippen LogP contribution < -0.4 is 10.5 Å². The van der Waals surface area contributed by atoms with Crippen molar-refractivity contribution in [1.29, 1.82) is 5.26 Å². The molecule has 0 amide bonds. The van der Waals surface area contributed by atoms with Gasteiger partial charge in [-0.1, -0.05) is 13.8 Å². The van der Waals surface area contributed by atoms with Gasteiger partial charge in [0.05, 0.1) is 17.3 Å². The van der Waals surface area contributed by atoms with Crippen LogP contribution in [0.3, 0.4) is 0 Å². The molecular weight excluding hydrogens is 276 g/mol. The van der Waals surface area contributed by atoms with Gasteiger partial charge in [-0.15, -0.1) is 0 Å². The summed E-state index contributed by atoms with van der Waals surface area (Å²) < 4.78 is 26.8. The second-order valence-electron chi connectivity index (χ2n) is 4.29. The van der Waals surface area contributed by atoms with Gasteiger partial charge < -0.3 is 10.6 Å². The van der Waals surface area contributed by atoms with Gasteiger partial charge in [-0.2, -0.15) is 5.26 Å². The van der Waals surface area contributed by atoms with Gasteiger partial charge in [0.25, 0.3) is 0 Å². The Kier molecular flexibility index (Phi) is 5.95. The van der Waals surface area contributed by atoms with E-state index in [4.69, 9.17) is 11.0 Å². The summed E-state index contributed by atoms with van der Waals surface area (Å²) in [5, 5.41) is 8.74. The van der Waals surface area contributed by atoms with Crippen LogP contribution in [0, 0.1) is 11.3 Å². The van der Waals surface area contributed by atoms with Gasteiger partial charge >= 0.3 is 0 Å². The van der Waals surface area contributed by atoms with Crippen LogP contribution in [-0.4, -0.2) is 39.5 Å². The molecule has 0 unspecified atom stereocenters. The lowest BCUT2D eigenvalue weighted by Gasteiger charge is -2.18. The van der Waals surface area contributed by atoms with E-state index in [1.807, 2.05) is 19.9 Å². The SMILES string of the molecule is CCN(CC)CCNS(=O)(=O)c1ccc(C#N)cc1N. The van der Waals surface area contributed by atoms with Crippen molar-refractivity contribution in [2.24, 2.45) is 0 Å². The van der Waals surface area contributed by atoms with E-state index in [1.54, 1.807) is 0 Å². The molecular formula is C13H20N4O2S. The van der Waals surface area contributed by atoms with Crippen molar-refractivity contribution in [1.82, 2.24) is 9.62 Å². The molecule has 6 nitrogen and oxygen atoms in total. The molecule has 0 aliphatic carbocycles. The number of benzene rings is 1. The first-order valence-corrected chi connectivity index (χ1v) is 7.94.